The van der Waals surface area contributed by atoms with E-state index in [1.165, 1.54) is 25.0 Å². The molecule has 0 aromatic heterocycles. The summed E-state index contributed by atoms with van der Waals surface area (Å²) in [6, 6.07) is 0. The Morgan fingerprint density at radius 2 is 1.93 bits per heavy atom. The lowest BCUT2D eigenvalue weighted by Crippen LogP contribution is -2.25. The number of rotatable bonds is 4. The van der Waals surface area contributed by atoms with Gasteiger partial charge in [-0.3, -0.25) is 0 Å². The molecule has 0 aliphatic carbocycles. The topological polar surface area (TPSA) is 9.23 Å². The van der Waals surface area contributed by atoms with E-state index >= 15 is 0 Å². The Morgan fingerprint density at radius 3 is 2.40 bits per heavy atom. The molecule has 0 radical (unpaired) electrons. The Hall–Kier alpha value is 0.310. The van der Waals surface area contributed by atoms with Gasteiger partial charge in [-0.15, -0.1) is 0 Å². The fraction of sp³-hybridized carbons (Fsp3) is 1.00. The molecule has 1 nitrogen and oxygen atoms in total. The minimum absolute atomic E-state index is 0.367. The van der Waals surface area contributed by atoms with Crippen molar-refractivity contribution < 1.29 is 4.74 Å². The SMILES string of the molecule is CC1CCC(CCS(C)(C)C(C)C)CO1. The van der Waals surface area contributed by atoms with Crippen LogP contribution in [0.1, 0.15) is 40.0 Å². The molecule has 1 fully saturated rings. The van der Waals surface area contributed by atoms with Crippen LogP contribution in [0.25, 0.3) is 0 Å². The second-order valence-electron chi connectivity index (χ2n) is 5.75. The third kappa shape index (κ3) is 4.36. The van der Waals surface area contributed by atoms with E-state index in [4.69, 9.17) is 4.74 Å². The van der Waals surface area contributed by atoms with Crippen LogP contribution in [0.4, 0.5) is 0 Å². The summed E-state index contributed by atoms with van der Waals surface area (Å²) in [5, 5.41) is 0.862. The van der Waals surface area contributed by atoms with E-state index in [1.807, 2.05) is 0 Å². The zero-order valence-corrected chi connectivity index (χ0v) is 11.9. The van der Waals surface area contributed by atoms with Gasteiger partial charge in [0.15, 0.2) is 0 Å². The van der Waals surface area contributed by atoms with Crippen molar-refractivity contribution in [1.29, 1.82) is 0 Å². The minimum Gasteiger partial charge on any atom is -0.378 e. The van der Waals surface area contributed by atoms with Crippen LogP contribution in [0.5, 0.6) is 0 Å². The quantitative estimate of drug-likeness (QED) is 0.719. The van der Waals surface area contributed by atoms with Crippen LogP contribution >= 0.6 is 10.0 Å². The van der Waals surface area contributed by atoms with Crippen molar-refractivity contribution in [2.45, 2.75) is 51.4 Å². The minimum atomic E-state index is -0.367. The largest absolute Gasteiger partial charge is 0.378 e. The van der Waals surface area contributed by atoms with Gasteiger partial charge in [-0.05, 0) is 55.6 Å². The van der Waals surface area contributed by atoms with Crippen molar-refractivity contribution in [2.75, 3.05) is 24.9 Å². The number of hydrogen-bond donors (Lipinski definition) is 0. The normalized spacial score (nSPS) is 29.5. The van der Waals surface area contributed by atoms with Crippen LogP contribution < -0.4 is 0 Å². The first-order valence-corrected chi connectivity index (χ1v) is 8.91. The van der Waals surface area contributed by atoms with Gasteiger partial charge in [0.2, 0.25) is 0 Å². The molecule has 0 spiro atoms. The summed E-state index contributed by atoms with van der Waals surface area (Å²) in [5.41, 5.74) is 0. The van der Waals surface area contributed by atoms with Crippen molar-refractivity contribution in [2.24, 2.45) is 5.92 Å². The van der Waals surface area contributed by atoms with E-state index < -0.39 is 0 Å². The van der Waals surface area contributed by atoms with Crippen molar-refractivity contribution in [1.82, 2.24) is 0 Å². The highest BCUT2D eigenvalue weighted by atomic mass is 32.3. The zero-order valence-electron chi connectivity index (χ0n) is 11.1. The van der Waals surface area contributed by atoms with Crippen LogP contribution in [-0.2, 0) is 4.74 Å². The van der Waals surface area contributed by atoms with Gasteiger partial charge in [-0.25, -0.2) is 10.0 Å². The van der Waals surface area contributed by atoms with Gasteiger partial charge < -0.3 is 4.74 Å². The van der Waals surface area contributed by atoms with Crippen molar-refractivity contribution >= 4 is 10.0 Å². The lowest BCUT2D eigenvalue weighted by Gasteiger charge is -2.38. The third-order valence-electron chi connectivity index (χ3n) is 3.93. The van der Waals surface area contributed by atoms with Gasteiger partial charge in [0.25, 0.3) is 0 Å². The van der Waals surface area contributed by atoms with Crippen molar-refractivity contribution in [3.05, 3.63) is 0 Å². The Morgan fingerprint density at radius 1 is 1.27 bits per heavy atom. The summed E-state index contributed by atoms with van der Waals surface area (Å²) in [4.78, 5) is 0. The lowest BCUT2D eigenvalue weighted by molar-refractivity contribution is -0.00547. The fourth-order valence-corrected chi connectivity index (χ4v) is 3.28. The molecule has 1 saturated heterocycles. The second kappa shape index (κ2) is 5.58. The Kier molecular flexibility index (Phi) is 4.98. The van der Waals surface area contributed by atoms with Crippen LogP contribution in [-0.4, -0.2) is 36.2 Å². The number of ether oxygens (including phenoxy) is 1. The van der Waals surface area contributed by atoms with E-state index in [2.05, 4.69) is 33.3 Å². The first-order chi connectivity index (χ1) is 6.92. The Bertz CT molecular complexity index is 181. The molecule has 0 aromatic rings. The fourth-order valence-electron chi connectivity index (χ4n) is 1.87. The molecule has 0 amide bonds. The van der Waals surface area contributed by atoms with E-state index in [1.54, 1.807) is 0 Å². The van der Waals surface area contributed by atoms with E-state index in [0.29, 0.717) is 6.10 Å². The molecule has 0 N–H and O–H groups in total. The molecule has 0 saturated carbocycles. The van der Waals surface area contributed by atoms with Crippen molar-refractivity contribution in [3.8, 4) is 0 Å². The lowest BCUT2D eigenvalue weighted by atomic mass is 9.97. The molecule has 2 unspecified atom stereocenters. The molecular weight excluding hydrogens is 204 g/mol. The van der Waals surface area contributed by atoms with Gasteiger partial charge in [-0.1, -0.05) is 13.8 Å². The maximum Gasteiger partial charge on any atom is 0.0547 e. The van der Waals surface area contributed by atoms with Crippen molar-refractivity contribution in [3.63, 3.8) is 0 Å². The van der Waals surface area contributed by atoms with E-state index in [-0.39, 0.29) is 10.0 Å². The molecule has 1 rings (SSSR count). The monoisotopic (exact) mass is 232 g/mol. The molecule has 92 valence electrons. The zero-order chi connectivity index (χ0) is 11.5. The highest BCUT2D eigenvalue weighted by Gasteiger charge is 2.22. The molecular formula is C13H28OS. The van der Waals surface area contributed by atoms with Crippen LogP contribution in [0.15, 0.2) is 0 Å². The Labute approximate surface area is 97.3 Å². The molecule has 15 heavy (non-hydrogen) atoms. The summed E-state index contributed by atoms with van der Waals surface area (Å²) in [6.45, 7) is 7.94. The van der Waals surface area contributed by atoms with Gasteiger partial charge in [0, 0.05) is 6.61 Å². The van der Waals surface area contributed by atoms with Gasteiger partial charge >= 0.3 is 0 Å². The molecule has 1 aliphatic heterocycles. The summed E-state index contributed by atoms with van der Waals surface area (Å²) in [7, 11) is -0.367. The maximum atomic E-state index is 5.73. The van der Waals surface area contributed by atoms with E-state index in [0.717, 1.165) is 17.8 Å². The number of hydrogen-bond acceptors (Lipinski definition) is 1. The van der Waals surface area contributed by atoms with Gasteiger partial charge in [-0.2, -0.15) is 0 Å². The average Bonchev–Trinajstić information content (AvgIpc) is 2.17. The maximum absolute atomic E-state index is 5.73. The summed E-state index contributed by atoms with van der Waals surface area (Å²) >= 11 is 0. The van der Waals surface area contributed by atoms with Gasteiger partial charge in [0.1, 0.15) is 0 Å². The molecule has 0 aromatic carbocycles. The molecule has 0 bridgehead atoms. The van der Waals surface area contributed by atoms with Crippen LogP contribution in [0.2, 0.25) is 0 Å². The standard InChI is InChI=1S/C13H28OS/c1-11(2)15(4,5)9-8-13-7-6-12(3)14-10-13/h11-13H,6-10H2,1-5H3. The predicted molar refractivity (Wildman–Crippen MR) is 72.2 cm³/mol. The predicted octanol–water partition coefficient (Wildman–Crippen LogP) is 3.66. The van der Waals surface area contributed by atoms with Gasteiger partial charge in [0.05, 0.1) is 6.10 Å². The van der Waals surface area contributed by atoms with Crippen LogP contribution in [0.3, 0.4) is 0 Å². The molecule has 2 atom stereocenters. The smallest absolute Gasteiger partial charge is 0.0547 e. The molecule has 1 heterocycles. The third-order valence-corrected chi connectivity index (χ3v) is 7.77. The Balaban J connectivity index is 2.25. The summed E-state index contributed by atoms with van der Waals surface area (Å²) < 4.78 is 5.73. The van der Waals surface area contributed by atoms with E-state index in [9.17, 15) is 0 Å². The summed E-state index contributed by atoms with van der Waals surface area (Å²) in [5.74, 6) is 2.26. The highest BCUT2D eigenvalue weighted by molar-refractivity contribution is 8.33. The first kappa shape index (κ1) is 13.4. The molecule has 2 heteroatoms. The molecule has 1 aliphatic rings. The first-order valence-electron chi connectivity index (χ1n) is 6.23. The average molecular weight is 232 g/mol. The highest BCUT2D eigenvalue weighted by Crippen LogP contribution is 2.46. The van der Waals surface area contributed by atoms with Crippen LogP contribution in [0, 0.1) is 5.92 Å². The summed E-state index contributed by atoms with van der Waals surface area (Å²) in [6.07, 6.45) is 9.49. The second-order valence-corrected chi connectivity index (χ2v) is 10.4.